The van der Waals surface area contributed by atoms with Crippen molar-refractivity contribution in [3.05, 3.63) is 23.8 Å². The average molecular weight is 190 g/mol. The number of rotatable bonds is 3. The van der Waals surface area contributed by atoms with E-state index in [9.17, 15) is 13.2 Å². The number of alkyl halides is 1. The topological polar surface area (TPSA) is 38.0 Å². The van der Waals surface area contributed by atoms with E-state index in [4.69, 9.17) is 5.73 Å². The molecular weight excluding hydrogens is 181 g/mol. The lowest BCUT2D eigenvalue weighted by molar-refractivity contribution is 0.512. The molecule has 0 aromatic heterocycles. The van der Waals surface area contributed by atoms with E-state index in [-0.39, 0.29) is 17.9 Å². The summed E-state index contributed by atoms with van der Waals surface area (Å²) in [6.07, 6.45) is 0. The van der Waals surface area contributed by atoms with Gasteiger partial charge >= 0.3 is 0 Å². The largest absolute Gasteiger partial charge is 0.395 e. The predicted molar refractivity (Wildman–Crippen MR) is 45.2 cm³/mol. The molecule has 13 heavy (non-hydrogen) atoms. The highest BCUT2D eigenvalue weighted by Gasteiger charge is 2.06. The van der Waals surface area contributed by atoms with Crippen LogP contribution in [0.1, 0.15) is 0 Å². The van der Waals surface area contributed by atoms with Gasteiger partial charge in [-0.1, -0.05) is 0 Å². The van der Waals surface area contributed by atoms with Gasteiger partial charge in [-0.2, -0.15) is 0 Å². The van der Waals surface area contributed by atoms with Crippen LogP contribution < -0.4 is 11.1 Å². The van der Waals surface area contributed by atoms with Gasteiger partial charge in [-0.3, -0.25) is 0 Å². The molecule has 0 heterocycles. The smallest absolute Gasteiger partial charge is 0.151 e. The van der Waals surface area contributed by atoms with E-state index in [2.05, 4.69) is 5.32 Å². The Balaban J connectivity index is 2.92. The first-order valence-corrected chi connectivity index (χ1v) is 3.69. The molecule has 0 saturated carbocycles. The molecule has 0 aliphatic rings. The number of halogens is 3. The van der Waals surface area contributed by atoms with Crippen LogP contribution in [0.5, 0.6) is 0 Å². The molecule has 72 valence electrons. The van der Waals surface area contributed by atoms with Crippen molar-refractivity contribution in [3.63, 3.8) is 0 Å². The molecule has 5 heteroatoms. The number of nitrogens with one attached hydrogen (secondary N) is 1. The number of benzene rings is 1. The molecule has 3 N–H and O–H groups in total. The molecule has 0 atom stereocenters. The van der Waals surface area contributed by atoms with Gasteiger partial charge in [0.2, 0.25) is 0 Å². The molecule has 0 radical (unpaired) electrons. The van der Waals surface area contributed by atoms with Crippen LogP contribution in [-0.2, 0) is 0 Å². The molecule has 0 bridgehead atoms. The lowest BCUT2D eigenvalue weighted by Crippen LogP contribution is -2.07. The van der Waals surface area contributed by atoms with Gasteiger partial charge in [0, 0.05) is 12.6 Å². The molecule has 0 aliphatic carbocycles. The van der Waals surface area contributed by atoms with Crippen LogP contribution in [0.4, 0.5) is 24.5 Å². The molecule has 0 unspecified atom stereocenters. The molecule has 0 fully saturated rings. The third-order valence-corrected chi connectivity index (χ3v) is 1.50. The van der Waals surface area contributed by atoms with Crippen LogP contribution in [0.3, 0.4) is 0 Å². The Bertz CT molecular complexity index is 302. The van der Waals surface area contributed by atoms with Crippen molar-refractivity contribution in [2.45, 2.75) is 0 Å². The van der Waals surface area contributed by atoms with Crippen LogP contribution in [0.15, 0.2) is 12.1 Å². The monoisotopic (exact) mass is 190 g/mol. The molecule has 0 aliphatic heterocycles. The highest BCUT2D eigenvalue weighted by atomic mass is 19.1. The minimum Gasteiger partial charge on any atom is -0.395 e. The van der Waals surface area contributed by atoms with Gasteiger partial charge in [0.1, 0.15) is 12.5 Å². The number of hydrogen-bond donors (Lipinski definition) is 2. The Labute approximate surface area is 73.5 Å². The maximum absolute atomic E-state index is 12.8. The van der Waals surface area contributed by atoms with Crippen molar-refractivity contribution >= 4 is 11.4 Å². The van der Waals surface area contributed by atoms with Crippen molar-refractivity contribution in [1.29, 1.82) is 0 Å². The summed E-state index contributed by atoms with van der Waals surface area (Å²) in [6, 6.07) is 1.70. The molecule has 1 rings (SSSR count). The molecule has 1 aromatic rings. The number of nitrogens with two attached hydrogens (primary N) is 1. The Kier molecular flexibility index (Phi) is 3.00. The molecule has 0 saturated heterocycles. The lowest BCUT2D eigenvalue weighted by atomic mass is 10.2. The molecule has 1 aromatic carbocycles. The SMILES string of the molecule is Nc1c(F)cc(F)cc1NCCF. The summed E-state index contributed by atoms with van der Waals surface area (Å²) in [5, 5.41) is 2.46. The van der Waals surface area contributed by atoms with E-state index in [1.54, 1.807) is 0 Å². The Morgan fingerprint density at radius 1 is 1.31 bits per heavy atom. The van der Waals surface area contributed by atoms with Gasteiger partial charge < -0.3 is 11.1 Å². The number of anilines is 2. The summed E-state index contributed by atoms with van der Waals surface area (Å²) in [7, 11) is 0. The summed E-state index contributed by atoms with van der Waals surface area (Å²) >= 11 is 0. The van der Waals surface area contributed by atoms with Gasteiger partial charge in [-0.05, 0) is 6.07 Å². The first-order valence-electron chi connectivity index (χ1n) is 3.69. The quantitative estimate of drug-likeness (QED) is 0.714. The third-order valence-electron chi connectivity index (χ3n) is 1.50. The summed E-state index contributed by atoms with van der Waals surface area (Å²) in [5.41, 5.74) is 5.15. The standard InChI is InChI=1S/C8H9F3N2/c9-1-2-13-7-4-5(10)3-6(11)8(7)12/h3-4,13H,1-2,12H2. The van der Waals surface area contributed by atoms with Crippen molar-refractivity contribution in [1.82, 2.24) is 0 Å². The molecule has 0 amide bonds. The molecule has 0 spiro atoms. The van der Waals surface area contributed by atoms with E-state index in [1.807, 2.05) is 0 Å². The summed E-state index contributed by atoms with van der Waals surface area (Å²) in [5.74, 6) is -1.59. The Hall–Kier alpha value is -1.39. The van der Waals surface area contributed by atoms with E-state index in [0.717, 1.165) is 6.07 Å². The second-order valence-electron chi connectivity index (χ2n) is 2.46. The second kappa shape index (κ2) is 4.02. The third kappa shape index (κ3) is 2.27. The minimum atomic E-state index is -0.846. The van der Waals surface area contributed by atoms with Gasteiger partial charge in [0.05, 0.1) is 11.4 Å². The van der Waals surface area contributed by atoms with Crippen LogP contribution >= 0.6 is 0 Å². The number of hydrogen-bond acceptors (Lipinski definition) is 2. The highest BCUT2D eigenvalue weighted by Crippen LogP contribution is 2.22. The van der Waals surface area contributed by atoms with Gasteiger partial charge in [0.25, 0.3) is 0 Å². The fourth-order valence-electron chi connectivity index (χ4n) is 0.913. The van der Waals surface area contributed by atoms with Gasteiger partial charge in [0.15, 0.2) is 5.82 Å². The maximum Gasteiger partial charge on any atom is 0.151 e. The van der Waals surface area contributed by atoms with Crippen molar-refractivity contribution < 1.29 is 13.2 Å². The normalized spacial score (nSPS) is 10.1. The minimum absolute atomic E-state index is 0.0207. The van der Waals surface area contributed by atoms with Crippen molar-refractivity contribution in [3.8, 4) is 0 Å². The van der Waals surface area contributed by atoms with Crippen LogP contribution in [0.25, 0.3) is 0 Å². The van der Waals surface area contributed by atoms with Gasteiger partial charge in [-0.25, -0.2) is 13.2 Å². The van der Waals surface area contributed by atoms with Crippen LogP contribution in [0.2, 0.25) is 0 Å². The van der Waals surface area contributed by atoms with E-state index >= 15 is 0 Å². The second-order valence-corrected chi connectivity index (χ2v) is 2.46. The van der Waals surface area contributed by atoms with Crippen molar-refractivity contribution in [2.24, 2.45) is 0 Å². The average Bonchev–Trinajstić information content (AvgIpc) is 2.09. The zero-order chi connectivity index (χ0) is 9.84. The zero-order valence-electron chi connectivity index (χ0n) is 6.78. The maximum atomic E-state index is 12.8. The van der Waals surface area contributed by atoms with E-state index in [0.29, 0.717) is 6.07 Å². The Morgan fingerprint density at radius 2 is 2.00 bits per heavy atom. The van der Waals surface area contributed by atoms with E-state index < -0.39 is 18.3 Å². The fraction of sp³-hybridized carbons (Fsp3) is 0.250. The first kappa shape index (κ1) is 9.70. The van der Waals surface area contributed by atoms with Gasteiger partial charge in [-0.15, -0.1) is 0 Å². The summed E-state index contributed by atoms with van der Waals surface area (Å²) < 4.78 is 37.1. The lowest BCUT2D eigenvalue weighted by Gasteiger charge is -2.07. The van der Waals surface area contributed by atoms with Crippen LogP contribution in [-0.4, -0.2) is 13.2 Å². The molecular formula is C8H9F3N2. The summed E-state index contributed by atoms with van der Waals surface area (Å²) in [4.78, 5) is 0. The molecule has 2 nitrogen and oxygen atoms in total. The predicted octanol–water partition coefficient (Wildman–Crippen LogP) is 1.93. The Morgan fingerprint density at radius 3 is 2.62 bits per heavy atom. The fourth-order valence-corrected chi connectivity index (χ4v) is 0.913. The summed E-state index contributed by atoms with van der Waals surface area (Å²) in [6.45, 7) is -0.648. The van der Waals surface area contributed by atoms with Crippen molar-refractivity contribution in [2.75, 3.05) is 24.3 Å². The van der Waals surface area contributed by atoms with Crippen LogP contribution in [0, 0.1) is 11.6 Å². The zero-order valence-corrected chi connectivity index (χ0v) is 6.78. The number of nitrogen functional groups attached to an aromatic ring is 1. The highest BCUT2D eigenvalue weighted by molar-refractivity contribution is 5.66. The first-order chi connectivity index (χ1) is 6.15. The van der Waals surface area contributed by atoms with E-state index in [1.165, 1.54) is 0 Å².